The number of nitrogens with zero attached hydrogens (tertiary/aromatic N) is 2. The summed E-state index contributed by atoms with van der Waals surface area (Å²) >= 11 is 0. The number of rotatable bonds is 11. The molecule has 37 heavy (non-hydrogen) atoms. The third-order valence-corrected chi connectivity index (χ3v) is 7.82. The Kier molecular flexibility index (Phi) is 10.0. The number of benzene rings is 2. The molecule has 0 bridgehead atoms. The average Bonchev–Trinajstić information content (AvgIpc) is 2.90. The van der Waals surface area contributed by atoms with Gasteiger partial charge in [-0.15, -0.1) is 0 Å². The molecular weight excluding hydrogens is 501 g/mol. The molecule has 2 aromatic carbocycles. The Morgan fingerprint density at radius 3 is 2.27 bits per heavy atom. The van der Waals surface area contributed by atoms with Crippen LogP contribution in [-0.4, -0.2) is 74.9 Å². The maximum absolute atomic E-state index is 13.4. The minimum absolute atomic E-state index is 0.0927. The van der Waals surface area contributed by atoms with Crippen LogP contribution in [0, 0.1) is 11.7 Å². The molecule has 11 heteroatoms. The van der Waals surface area contributed by atoms with Crippen molar-refractivity contribution in [2.75, 3.05) is 39.5 Å². The largest absolute Gasteiger partial charge is 0.484 e. The Bertz CT molecular complexity index is 1150. The van der Waals surface area contributed by atoms with Crippen LogP contribution in [0.4, 0.5) is 4.39 Å². The molecule has 1 atom stereocenters. The first kappa shape index (κ1) is 28.5. The Labute approximate surface area is 217 Å². The Balaban J connectivity index is 1.68. The fourth-order valence-corrected chi connectivity index (χ4v) is 5.10. The summed E-state index contributed by atoms with van der Waals surface area (Å²) < 4.78 is 51.2. The topological polar surface area (TPSA) is 105 Å². The van der Waals surface area contributed by atoms with Gasteiger partial charge in [0, 0.05) is 26.2 Å². The number of sulfonamides is 1. The second-order valence-corrected chi connectivity index (χ2v) is 11.2. The van der Waals surface area contributed by atoms with Gasteiger partial charge in [0.1, 0.15) is 17.6 Å². The fourth-order valence-electron chi connectivity index (χ4n) is 3.69. The molecule has 0 saturated carbocycles. The Morgan fingerprint density at radius 2 is 1.68 bits per heavy atom. The van der Waals surface area contributed by atoms with E-state index in [1.165, 1.54) is 45.6 Å². The highest BCUT2D eigenvalue weighted by Gasteiger charge is 2.28. The number of nitrogens with one attached hydrogen (secondary N) is 1. The van der Waals surface area contributed by atoms with E-state index in [-0.39, 0.29) is 29.9 Å². The normalized spacial score (nSPS) is 15.3. The van der Waals surface area contributed by atoms with E-state index in [0.717, 1.165) is 0 Å². The van der Waals surface area contributed by atoms with E-state index in [9.17, 15) is 22.4 Å². The van der Waals surface area contributed by atoms with Crippen LogP contribution in [0.15, 0.2) is 53.4 Å². The summed E-state index contributed by atoms with van der Waals surface area (Å²) in [6.07, 6.45) is 0. The molecule has 1 aliphatic rings. The van der Waals surface area contributed by atoms with Gasteiger partial charge in [0.25, 0.3) is 5.91 Å². The lowest BCUT2D eigenvalue weighted by Crippen LogP contribution is -2.49. The Morgan fingerprint density at radius 1 is 1.05 bits per heavy atom. The SMILES string of the molecule is CC(C)CNC(=O)[C@H](C)N(Cc1ccc(F)cc1)C(=O)COc1ccc(S(=O)(=O)N2CCOCC2)cc1. The molecule has 0 aromatic heterocycles. The van der Waals surface area contributed by atoms with Gasteiger partial charge in [-0.1, -0.05) is 26.0 Å². The molecule has 0 aliphatic carbocycles. The van der Waals surface area contributed by atoms with Crippen LogP contribution in [0.5, 0.6) is 5.75 Å². The van der Waals surface area contributed by atoms with Gasteiger partial charge in [-0.05, 0) is 54.8 Å². The highest BCUT2D eigenvalue weighted by Crippen LogP contribution is 2.21. The second kappa shape index (κ2) is 13.0. The number of carbonyl (C=O) groups is 2. The minimum Gasteiger partial charge on any atom is -0.484 e. The molecule has 2 amide bonds. The number of ether oxygens (including phenoxy) is 2. The summed E-state index contributed by atoms with van der Waals surface area (Å²) in [5.74, 6) is -0.584. The van der Waals surface area contributed by atoms with Crippen LogP contribution in [-0.2, 0) is 30.9 Å². The summed E-state index contributed by atoms with van der Waals surface area (Å²) in [5.41, 5.74) is 0.663. The zero-order valence-corrected chi connectivity index (χ0v) is 22.2. The molecule has 1 N–H and O–H groups in total. The molecule has 202 valence electrons. The van der Waals surface area contributed by atoms with Crippen LogP contribution in [0.3, 0.4) is 0 Å². The predicted molar refractivity (Wildman–Crippen MR) is 136 cm³/mol. The third kappa shape index (κ3) is 7.98. The van der Waals surface area contributed by atoms with E-state index in [4.69, 9.17) is 9.47 Å². The Hall–Kier alpha value is -3.02. The van der Waals surface area contributed by atoms with Crippen molar-refractivity contribution in [2.24, 2.45) is 5.92 Å². The van der Waals surface area contributed by atoms with Crippen LogP contribution in [0.1, 0.15) is 26.3 Å². The van der Waals surface area contributed by atoms with Gasteiger partial charge in [-0.2, -0.15) is 4.31 Å². The molecule has 0 spiro atoms. The van der Waals surface area contributed by atoms with Crippen molar-refractivity contribution in [1.29, 1.82) is 0 Å². The van der Waals surface area contributed by atoms with Gasteiger partial charge < -0.3 is 19.7 Å². The van der Waals surface area contributed by atoms with E-state index < -0.39 is 27.8 Å². The first-order chi connectivity index (χ1) is 17.6. The van der Waals surface area contributed by atoms with Gasteiger partial charge in [0.15, 0.2) is 6.61 Å². The van der Waals surface area contributed by atoms with Crippen molar-refractivity contribution < 1.29 is 31.9 Å². The van der Waals surface area contributed by atoms with E-state index in [1.54, 1.807) is 19.1 Å². The monoisotopic (exact) mass is 535 g/mol. The van der Waals surface area contributed by atoms with Crippen LogP contribution >= 0.6 is 0 Å². The summed E-state index contributed by atoms with van der Waals surface area (Å²) in [7, 11) is -3.64. The quantitative estimate of drug-likeness (QED) is 0.474. The van der Waals surface area contributed by atoms with Crippen molar-refractivity contribution in [3.8, 4) is 5.75 Å². The lowest BCUT2D eigenvalue weighted by molar-refractivity contribution is -0.142. The summed E-state index contributed by atoms with van der Waals surface area (Å²) in [5, 5.41) is 2.83. The van der Waals surface area contributed by atoms with Crippen LogP contribution < -0.4 is 10.1 Å². The molecule has 0 radical (unpaired) electrons. The minimum atomic E-state index is -3.64. The first-order valence-electron chi connectivity index (χ1n) is 12.2. The zero-order valence-electron chi connectivity index (χ0n) is 21.4. The number of amides is 2. The number of hydrogen-bond donors (Lipinski definition) is 1. The van der Waals surface area contributed by atoms with Crippen molar-refractivity contribution >= 4 is 21.8 Å². The van der Waals surface area contributed by atoms with E-state index in [2.05, 4.69) is 5.32 Å². The smallest absolute Gasteiger partial charge is 0.261 e. The van der Waals surface area contributed by atoms with E-state index >= 15 is 0 Å². The lowest BCUT2D eigenvalue weighted by Gasteiger charge is -2.29. The van der Waals surface area contributed by atoms with Crippen molar-refractivity contribution in [1.82, 2.24) is 14.5 Å². The molecule has 3 rings (SSSR count). The number of carbonyl (C=O) groups excluding carboxylic acids is 2. The van der Waals surface area contributed by atoms with Gasteiger partial charge in [-0.25, -0.2) is 12.8 Å². The molecule has 1 fully saturated rings. The van der Waals surface area contributed by atoms with Crippen molar-refractivity contribution in [3.05, 3.63) is 59.9 Å². The highest BCUT2D eigenvalue weighted by atomic mass is 32.2. The van der Waals surface area contributed by atoms with Gasteiger partial charge >= 0.3 is 0 Å². The van der Waals surface area contributed by atoms with Crippen molar-refractivity contribution in [2.45, 2.75) is 38.3 Å². The first-order valence-corrected chi connectivity index (χ1v) is 13.6. The summed E-state index contributed by atoms with van der Waals surface area (Å²) in [4.78, 5) is 27.3. The summed E-state index contributed by atoms with van der Waals surface area (Å²) in [6.45, 7) is 7.06. The van der Waals surface area contributed by atoms with Gasteiger partial charge in [0.2, 0.25) is 15.9 Å². The summed E-state index contributed by atoms with van der Waals surface area (Å²) in [6, 6.07) is 10.8. The van der Waals surface area contributed by atoms with Crippen LogP contribution in [0.2, 0.25) is 0 Å². The molecule has 0 unspecified atom stereocenters. The molecular formula is C26H34FN3O6S. The number of morpholine rings is 1. The predicted octanol–water partition coefficient (Wildman–Crippen LogP) is 2.41. The highest BCUT2D eigenvalue weighted by molar-refractivity contribution is 7.89. The second-order valence-electron chi connectivity index (χ2n) is 9.24. The van der Waals surface area contributed by atoms with Gasteiger partial charge in [-0.3, -0.25) is 9.59 Å². The molecule has 2 aromatic rings. The molecule has 1 heterocycles. The van der Waals surface area contributed by atoms with Crippen molar-refractivity contribution in [3.63, 3.8) is 0 Å². The standard InChI is InChI=1S/C26H34FN3O6S/c1-19(2)16-28-26(32)20(3)30(17-21-4-6-22(27)7-5-21)25(31)18-36-23-8-10-24(11-9-23)37(33,34)29-12-14-35-15-13-29/h4-11,19-20H,12-18H2,1-3H3,(H,28,32)/t20-/m0/s1. The number of halogens is 1. The molecule has 9 nitrogen and oxygen atoms in total. The van der Waals surface area contributed by atoms with Crippen LogP contribution in [0.25, 0.3) is 0 Å². The zero-order chi connectivity index (χ0) is 27.0. The molecule has 1 aliphatic heterocycles. The maximum Gasteiger partial charge on any atom is 0.261 e. The average molecular weight is 536 g/mol. The maximum atomic E-state index is 13.4. The fraction of sp³-hybridized carbons (Fsp3) is 0.462. The number of hydrogen-bond acceptors (Lipinski definition) is 6. The third-order valence-electron chi connectivity index (χ3n) is 5.91. The lowest BCUT2D eigenvalue weighted by atomic mass is 10.1. The molecule has 1 saturated heterocycles. The van der Waals surface area contributed by atoms with E-state index in [0.29, 0.717) is 44.2 Å². The van der Waals surface area contributed by atoms with E-state index in [1.807, 2.05) is 13.8 Å². The van der Waals surface area contributed by atoms with Gasteiger partial charge in [0.05, 0.1) is 18.1 Å².